The summed E-state index contributed by atoms with van der Waals surface area (Å²) in [6.45, 7) is 4.81. The number of hydrogen-bond acceptors (Lipinski definition) is 2. The van der Waals surface area contributed by atoms with Gasteiger partial charge in [-0.3, -0.25) is 0 Å². The molecular weight excluding hydrogens is 480 g/mol. The predicted molar refractivity (Wildman–Crippen MR) is 126 cm³/mol. The first kappa shape index (κ1) is 22.9. The van der Waals surface area contributed by atoms with Gasteiger partial charge in [0.25, 0.3) is 0 Å². The second kappa shape index (κ2) is 12.2. The molecule has 0 saturated carbocycles. The summed E-state index contributed by atoms with van der Waals surface area (Å²) in [6, 6.07) is 15.3. The Kier molecular flexibility index (Phi) is 9.63. The van der Waals surface area contributed by atoms with Crippen LogP contribution in [0.5, 0.6) is 0 Å². The first-order valence-corrected chi connectivity index (χ1v) is 9.53. The van der Waals surface area contributed by atoms with Crippen LogP contribution < -0.4 is 10.6 Å². The summed E-state index contributed by atoms with van der Waals surface area (Å²) in [5, 5.41) is 6.50. The summed E-state index contributed by atoms with van der Waals surface area (Å²) in [6.07, 6.45) is 6.16. The molecule has 0 aliphatic carbocycles. The van der Waals surface area contributed by atoms with E-state index in [1.165, 1.54) is 11.6 Å². The van der Waals surface area contributed by atoms with Crippen LogP contribution in [-0.4, -0.2) is 28.6 Å². The second-order valence-corrected chi connectivity index (χ2v) is 6.51. The zero-order valence-corrected chi connectivity index (χ0v) is 18.8. The number of rotatable bonds is 8. The highest BCUT2D eigenvalue weighted by atomic mass is 127. The molecule has 0 radical (unpaired) electrons. The molecule has 0 fully saturated rings. The lowest BCUT2D eigenvalue weighted by Gasteiger charge is -2.12. The van der Waals surface area contributed by atoms with E-state index >= 15 is 0 Å². The van der Waals surface area contributed by atoms with Gasteiger partial charge in [-0.25, -0.2) is 14.4 Å². The monoisotopic (exact) mass is 507 g/mol. The summed E-state index contributed by atoms with van der Waals surface area (Å²) in [5.41, 5.74) is 3.07. The number of nitrogens with zero attached hydrogens (tertiary/aromatic N) is 3. The molecule has 5 nitrogen and oxygen atoms in total. The fourth-order valence-corrected chi connectivity index (χ4v) is 2.87. The molecule has 0 spiro atoms. The zero-order valence-electron chi connectivity index (χ0n) is 16.5. The van der Waals surface area contributed by atoms with Gasteiger partial charge in [0.2, 0.25) is 0 Å². The van der Waals surface area contributed by atoms with Crippen LogP contribution in [0.1, 0.15) is 23.6 Å². The van der Waals surface area contributed by atoms with Gasteiger partial charge in [-0.15, -0.1) is 24.0 Å². The average Bonchev–Trinajstić information content (AvgIpc) is 3.22. The molecule has 0 aliphatic heterocycles. The third-order valence-electron chi connectivity index (χ3n) is 4.36. The summed E-state index contributed by atoms with van der Waals surface area (Å²) in [7, 11) is 0. The number of imidazole rings is 1. The van der Waals surface area contributed by atoms with E-state index in [1.54, 1.807) is 12.3 Å². The SMILES string of the molecule is CCNC(=NCc1ccc(Cn2ccnc2)cc1)NCCc1ccccc1F.I. The number of benzene rings is 2. The smallest absolute Gasteiger partial charge is 0.191 e. The topological polar surface area (TPSA) is 54.2 Å². The van der Waals surface area contributed by atoms with Gasteiger partial charge in [0.05, 0.1) is 12.9 Å². The number of hydrogen-bond donors (Lipinski definition) is 2. The van der Waals surface area contributed by atoms with E-state index in [9.17, 15) is 4.39 Å². The van der Waals surface area contributed by atoms with Crippen LogP contribution in [0.15, 0.2) is 72.2 Å². The van der Waals surface area contributed by atoms with Crippen LogP contribution in [0, 0.1) is 5.82 Å². The Morgan fingerprint density at radius 3 is 2.52 bits per heavy atom. The second-order valence-electron chi connectivity index (χ2n) is 6.51. The largest absolute Gasteiger partial charge is 0.357 e. The normalized spacial score (nSPS) is 11.0. The Morgan fingerprint density at radius 2 is 1.83 bits per heavy atom. The van der Waals surface area contributed by atoms with Crippen LogP contribution >= 0.6 is 24.0 Å². The fraction of sp³-hybridized carbons (Fsp3) is 0.273. The van der Waals surface area contributed by atoms with Crippen molar-refractivity contribution in [2.24, 2.45) is 4.99 Å². The Morgan fingerprint density at radius 1 is 1.07 bits per heavy atom. The van der Waals surface area contributed by atoms with Crippen molar-refractivity contribution in [3.05, 3.63) is 89.8 Å². The molecular formula is C22H27FIN5. The minimum Gasteiger partial charge on any atom is -0.357 e. The van der Waals surface area contributed by atoms with Gasteiger partial charge in [-0.2, -0.15) is 0 Å². The molecule has 0 saturated heterocycles. The predicted octanol–water partition coefficient (Wildman–Crippen LogP) is 3.99. The zero-order chi connectivity index (χ0) is 19.6. The molecule has 0 aliphatic rings. The van der Waals surface area contributed by atoms with Gasteiger partial charge in [0, 0.05) is 32.0 Å². The van der Waals surface area contributed by atoms with Crippen molar-refractivity contribution in [1.29, 1.82) is 0 Å². The first-order valence-electron chi connectivity index (χ1n) is 9.53. The van der Waals surface area contributed by atoms with Crippen molar-refractivity contribution in [1.82, 2.24) is 20.2 Å². The molecule has 0 bridgehead atoms. The van der Waals surface area contributed by atoms with E-state index in [1.807, 2.05) is 36.1 Å². The van der Waals surface area contributed by atoms with Crippen molar-refractivity contribution in [2.45, 2.75) is 26.4 Å². The Hall–Kier alpha value is -2.42. The number of nitrogens with one attached hydrogen (secondary N) is 2. The molecule has 1 heterocycles. The molecule has 0 amide bonds. The average molecular weight is 507 g/mol. The van der Waals surface area contributed by atoms with Crippen molar-refractivity contribution in [3.8, 4) is 0 Å². The molecule has 2 N–H and O–H groups in total. The van der Waals surface area contributed by atoms with E-state index < -0.39 is 0 Å². The lowest BCUT2D eigenvalue weighted by Crippen LogP contribution is -2.38. The van der Waals surface area contributed by atoms with Crippen LogP contribution in [0.3, 0.4) is 0 Å². The van der Waals surface area contributed by atoms with Crippen LogP contribution in [-0.2, 0) is 19.5 Å². The third kappa shape index (κ3) is 7.49. The highest BCUT2D eigenvalue weighted by Gasteiger charge is 2.02. The van der Waals surface area contributed by atoms with Crippen LogP contribution in [0.25, 0.3) is 0 Å². The minimum absolute atomic E-state index is 0. The summed E-state index contributed by atoms with van der Waals surface area (Å²) in [5.74, 6) is 0.573. The van der Waals surface area contributed by atoms with Gasteiger partial charge < -0.3 is 15.2 Å². The maximum Gasteiger partial charge on any atom is 0.191 e. The maximum atomic E-state index is 13.7. The number of aromatic nitrogens is 2. The lowest BCUT2D eigenvalue weighted by molar-refractivity contribution is 0.606. The van der Waals surface area contributed by atoms with E-state index in [0.29, 0.717) is 25.1 Å². The summed E-state index contributed by atoms with van der Waals surface area (Å²) >= 11 is 0. The van der Waals surface area contributed by atoms with E-state index in [2.05, 4.69) is 44.9 Å². The summed E-state index contributed by atoms with van der Waals surface area (Å²) < 4.78 is 15.7. The molecule has 3 aromatic rings. The Balaban J connectivity index is 0.00000300. The van der Waals surface area contributed by atoms with Crippen molar-refractivity contribution in [3.63, 3.8) is 0 Å². The van der Waals surface area contributed by atoms with Crippen molar-refractivity contribution >= 4 is 29.9 Å². The van der Waals surface area contributed by atoms with E-state index in [4.69, 9.17) is 0 Å². The van der Waals surface area contributed by atoms with Crippen LogP contribution in [0.2, 0.25) is 0 Å². The van der Waals surface area contributed by atoms with Gasteiger partial charge in [0.1, 0.15) is 5.82 Å². The molecule has 29 heavy (non-hydrogen) atoms. The molecule has 7 heteroatoms. The minimum atomic E-state index is -0.165. The van der Waals surface area contributed by atoms with Crippen LogP contribution in [0.4, 0.5) is 4.39 Å². The van der Waals surface area contributed by atoms with Crippen molar-refractivity contribution in [2.75, 3.05) is 13.1 Å². The van der Waals surface area contributed by atoms with Crippen molar-refractivity contribution < 1.29 is 4.39 Å². The van der Waals surface area contributed by atoms with Gasteiger partial charge in [-0.05, 0) is 36.1 Å². The van der Waals surface area contributed by atoms with E-state index in [0.717, 1.165) is 24.6 Å². The first-order chi connectivity index (χ1) is 13.7. The maximum absolute atomic E-state index is 13.7. The fourth-order valence-electron chi connectivity index (χ4n) is 2.87. The van der Waals surface area contributed by atoms with E-state index in [-0.39, 0.29) is 29.8 Å². The standard InChI is InChI=1S/C22H26FN5.HI/c1-2-25-22(26-12-11-20-5-3-4-6-21(20)23)27-15-18-7-9-19(10-8-18)16-28-14-13-24-17-28;/h3-10,13-14,17H,2,11-12,15-16H2,1H3,(H2,25,26,27);1H. The highest BCUT2D eigenvalue weighted by molar-refractivity contribution is 14.0. The molecule has 1 aromatic heterocycles. The molecule has 154 valence electrons. The van der Waals surface area contributed by atoms with Gasteiger partial charge >= 0.3 is 0 Å². The number of aliphatic imine (C=N–C) groups is 1. The van der Waals surface area contributed by atoms with Gasteiger partial charge in [-0.1, -0.05) is 42.5 Å². The quantitative estimate of drug-likeness (QED) is 0.276. The highest BCUT2D eigenvalue weighted by Crippen LogP contribution is 2.08. The molecule has 0 unspecified atom stereocenters. The number of guanidine groups is 1. The lowest BCUT2D eigenvalue weighted by atomic mass is 10.1. The summed E-state index contributed by atoms with van der Waals surface area (Å²) in [4.78, 5) is 8.69. The molecule has 0 atom stereocenters. The Labute approximate surface area is 188 Å². The Bertz CT molecular complexity index is 878. The van der Waals surface area contributed by atoms with Gasteiger partial charge in [0.15, 0.2) is 5.96 Å². The number of halogens is 2. The molecule has 3 rings (SSSR count). The third-order valence-corrected chi connectivity index (χ3v) is 4.36. The molecule has 2 aromatic carbocycles.